The predicted molar refractivity (Wildman–Crippen MR) is 80.7 cm³/mol. The number of methoxy groups -OCH3 is 1. The second kappa shape index (κ2) is 6.27. The Morgan fingerprint density at radius 3 is 2.10 bits per heavy atom. The molecular weight excluding hydrogens is 254 g/mol. The van der Waals surface area contributed by atoms with Crippen LogP contribution in [-0.2, 0) is 15.1 Å². The summed E-state index contributed by atoms with van der Waals surface area (Å²) in [6, 6.07) is 7.57. The Morgan fingerprint density at radius 2 is 1.75 bits per heavy atom. The summed E-state index contributed by atoms with van der Waals surface area (Å²) in [5.41, 5.74) is 0.502. The lowest BCUT2D eigenvalue weighted by Gasteiger charge is -2.34. The van der Waals surface area contributed by atoms with Gasteiger partial charge < -0.3 is 14.7 Å². The number of anilines is 1. The van der Waals surface area contributed by atoms with Gasteiger partial charge in [0.25, 0.3) is 0 Å². The molecule has 1 aromatic rings. The van der Waals surface area contributed by atoms with Gasteiger partial charge in [-0.3, -0.25) is 4.79 Å². The van der Waals surface area contributed by atoms with Crippen LogP contribution < -0.4 is 4.90 Å². The molecule has 0 bridgehead atoms. The highest BCUT2D eigenvalue weighted by molar-refractivity contribution is 5.74. The number of hydrogen-bond acceptors (Lipinski definition) is 4. The van der Waals surface area contributed by atoms with Crippen LogP contribution >= 0.6 is 0 Å². The van der Waals surface area contributed by atoms with Crippen LogP contribution in [0.2, 0.25) is 0 Å². The van der Waals surface area contributed by atoms with Crippen molar-refractivity contribution in [1.82, 2.24) is 0 Å². The predicted octanol–water partition coefficient (Wildman–Crippen LogP) is 2.41. The van der Waals surface area contributed by atoms with Gasteiger partial charge in [0.2, 0.25) is 0 Å². The standard InChI is InChI=1S/C16H25NO3/c1-11(2)14(15(18)20-6)16(3,19)12-7-9-13(10-8-12)17(4)5/h7-11,14,19H,1-6H3. The van der Waals surface area contributed by atoms with Gasteiger partial charge in [-0.1, -0.05) is 26.0 Å². The molecule has 20 heavy (non-hydrogen) atoms. The average molecular weight is 279 g/mol. The minimum atomic E-state index is -1.26. The monoisotopic (exact) mass is 279 g/mol. The Kier molecular flexibility index (Phi) is 5.17. The number of benzene rings is 1. The molecule has 1 N–H and O–H groups in total. The van der Waals surface area contributed by atoms with Gasteiger partial charge >= 0.3 is 5.97 Å². The minimum Gasteiger partial charge on any atom is -0.469 e. The van der Waals surface area contributed by atoms with Crippen LogP contribution in [0.5, 0.6) is 0 Å². The molecule has 112 valence electrons. The van der Waals surface area contributed by atoms with E-state index in [1.807, 2.05) is 57.1 Å². The summed E-state index contributed by atoms with van der Waals surface area (Å²) < 4.78 is 4.84. The van der Waals surface area contributed by atoms with Crippen molar-refractivity contribution in [2.75, 3.05) is 26.1 Å². The summed E-state index contributed by atoms with van der Waals surface area (Å²) >= 11 is 0. The van der Waals surface area contributed by atoms with Crippen LogP contribution in [0, 0.1) is 11.8 Å². The summed E-state index contributed by atoms with van der Waals surface area (Å²) in [7, 11) is 5.26. The lowest BCUT2D eigenvalue weighted by molar-refractivity contribution is -0.159. The first-order valence-electron chi connectivity index (χ1n) is 6.79. The summed E-state index contributed by atoms with van der Waals surface area (Å²) in [4.78, 5) is 13.9. The molecule has 0 aliphatic rings. The van der Waals surface area contributed by atoms with Crippen LogP contribution in [0.15, 0.2) is 24.3 Å². The van der Waals surface area contributed by atoms with Crippen LogP contribution in [0.1, 0.15) is 26.3 Å². The summed E-state index contributed by atoms with van der Waals surface area (Å²) in [5.74, 6) is -1.01. The van der Waals surface area contributed by atoms with Gasteiger partial charge in [0.05, 0.1) is 13.0 Å². The molecule has 4 nitrogen and oxygen atoms in total. The Bertz CT molecular complexity index is 449. The number of aliphatic hydroxyl groups is 1. The smallest absolute Gasteiger partial charge is 0.312 e. The molecule has 0 fully saturated rings. The van der Waals surface area contributed by atoms with Gasteiger partial charge in [0.15, 0.2) is 0 Å². The fourth-order valence-electron chi connectivity index (χ4n) is 2.55. The van der Waals surface area contributed by atoms with Crippen molar-refractivity contribution in [3.8, 4) is 0 Å². The fraction of sp³-hybridized carbons (Fsp3) is 0.562. The molecule has 0 radical (unpaired) electrons. The maximum Gasteiger partial charge on any atom is 0.312 e. The number of rotatable bonds is 5. The van der Waals surface area contributed by atoms with E-state index >= 15 is 0 Å². The lowest BCUT2D eigenvalue weighted by Crippen LogP contribution is -2.41. The molecule has 1 rings (SSSR count). The Labute approximate surface area is 121 Å². The molecule has 0 saturated heterocycles. The van der Waals surface area contributed by atoms with Crippen molar-refractivity contribution in [2.45, 2.75) is 26.4 Å². The second-order valence-corrected chi connectivity index (χ2v) is 5.83. The number of hydrogen-bond donors (Lipinski definition) is 1. The molecule has 0 amide bonds. The van der Waals surface area contributed by atoms with Crippen molar-refractivity contribution in [3.63, 3.8) is 0 Å². The number of ether oxygens (including phenoxy) is 1. The highest BCUT2D eigenvalue weighted by atomic mass is 16.5. The second-order valence-electron chi connectivity index (χ2n) is 5.83. The molecule has 2 atom stereocenters. The third-order valence-electron chi connectivity index (χ3n) is 3.70. The van der Waals surface area contributed by atoms with Crippen molar-refractivity contribution >= 4 is 11.7 Å². The van der Waals surface area contributed by atoms with E-state index in [2.05, 4.69) is 0 Å². The largest absolute Gasteiger partial charge is 0.469 e. The fourth-order valence-corrected chi connectivity index (χ4v) is 2.55. The number of nitrogens with zero attached hydrogens (tertiary/aromatic N) is 1. The van der Waals surface area contributed by atoms with Gasteiger partial charge in [-0.05, 0) is 30.5 Å². The first-order chi connectivity index (χ1) is 9.21. The van der Waals surface area contributed by atoms with Crippen LogP contribution in [-0.4, -0.2) is 32.3 Å². The minimum absolute atomic E-state index is 0.0222. The molecule has 0 heterocycles. The molecule has 0 saturated carbocycles. The molecule has 0 spiro atoms. The van der Waals surface area contributed by atoms with Crippen molar-refractivity contribution in [3.05, 3.63) is 29.8 Å². The maximum absolute atomic E-state index is 12.0. The van der Waals surface area contributed by atoms with E-state index in [1.165, 1.54) is 7.11 Å². The molecule has 0 aromatic heterocycles. The quantitative estimate of drug-likeness (QED) is 0.841. The number of carbonyl (C=O) groups is 1. The zero-order chi connectivity index (χ0) is 15.5. The molecule has 4 heteroatoms. The molecule has 1 aromatic carbocycles. The van der Waals surface area contributed by atoms with E-state index in [0.717, 1.165) is 5.69 Å². The first-order valence-corrected chi connectivity index (χ1v) is 6.79. The molecular formula is C16H25NO3. The van der Waals surface area contributed by atoms with Crippen molar-refractivity contribution in [1.29, 1.82) is 0 Å². The summed E-state index contributed by atoms with van der Waals surface area (Å²) in [6.45, 7) is 5.48. The van der Waals surface area contributed by atoms with Gasteiger partial charge in [-0.15, -0.1) is 0 Å². The van der Waals surface area contributed by atoms with Crippen molar-refractivity contribution < 1.29 is 14.6 Å². The zero-order valence-corrected chi connectivity index (χ0v) is 13.2. The molecule has 2 unspecified atom stereocenters. The number of esters is 1. The van der Waals surface area contributed by atoms with Gasteiger partial charge in [0, 0.05) is 19.8 Å². The lowest BCUT2D eigenvalue weighted by atomic mass is 9.76. The zero-order valence-electron chi connectivity index (χ0n) is 13.2. The van der Waals surface area contributed by atoms with E-state index in [0.29, 0.717) is 5.56 Å². The van der Waals surface area contributed by atoms with Gasteiger partial charge in [0.1, 0.15) is 5.60 Å². The third kappa shape index (κ3) is 3.31. The van der Waals surface area contributed by atoms with Crippen LogP contribution in [0.25, 0.3) is 0 Å². The topological polar surface area (TPSA) is 49.8 Å². The Morgan fingerprint density at radius 1 is 1.25 bits per heavy atom. The van der Waals surface area contributed by atoms with Gasteiger partial charge in [-0.2, -0.15) is 0 Å². The first kappa shape index (κ1) is 16.5. The Hall–Kier alpha value is -1.55. The SMILES string of the molecule is COC(=O)C(C(C)C)C(C)(O)c1ccc(N(C)C)cc1. The molecule has 0 aliphatic carbocycles. The average Bonchev–Trinajstić information content (AvgIpc) is 2.37. The number of carbonyl (C=O) groups excluding carboxylic acids is 1. The van der Waals surface area contributed by atoms with Crippen LogP contribution in [0.4, 0.5) is 5.69 Å². The highest BCUT2D eigenvalue weighted by Gasteiger charge is 2.41. The maximum atomic E-state index is 12.0. The van der Waals surface area contributed by atoms with E-state index in [-0.39, 0.29) is 11.9 Å². The third-order valence-corrected chi connectivity index (χ3v) is 3.70. The highest BCUT2D eigenvalue weighted by Crippen LogP contribution is 2.35. The Balaban J connectivity index is 3.15. The van der Waals surface area contributed by atoms with E-state index in [9.17, 15) is 9.90 Å². The normalized spacial score (nSPS) is 15.6. The summed E-state index contributed by atoms with van der Waals surface area (Å²) in [5, 5.41) is 10.8. The van der Waals surface area contributed by atoms with E-state index in [1.54, 1.807) is 6.92 Å². The summed E-state index contributed by atoms with van der Waals surface area (Å²) in [6.07, 6.45) is 0. The molecule has 0 aliphatic heterocycles. The van der Waals surface area contributed by atoms with E-state index in [4.69, 9.17) is 4.74 Å². The van der Waals surface area contributed by atoms with E-state index < -0.39 is 11.5 Å². The van der Waals surface area contributed by atoms with Crippen LogP contribution in [0.3, 0.4) is 0 Å². The van der Waals surface area contributed by atoms with Gasteiger partial charge in [-0.25, -0.2) is 0 Å². The van der Waals surface area contributed by atoms with Crippen molar-refractivity contribution in [2.24, 2.45) is 11.8 Å².